The average molecular weight is 378 g/mol. The first-order valence-corrected chi connectivity index (χ1v) is 11.1. The summed E-state index contributed by atoms with van der Waals surface area (Å²) >= 11 is 1.64. The van der Waals surface area contributed by atoms with Crippen LogP contribution in [0.4, 0.5) is 5.13 Å². The highest BCUT2D eigenvalue weighted by molar-refractivity contribution is 7.13. The number of anilines is 1. The predicted octanol–water partition coefficient (Wildman–Crippen LogP) is 3.28. The molecular weight excluding hydrogens is 346 g/mol. The summed E-state index contributed by atoms with van der Waals surface area (Å²) in [4.78, 5) is 22.1. The molecule has 0 spiro atoms. The molecule has 1 aromatic rings. The van der Waals surface area contributed by atoms with Gasteiger partial charge in [-0.3, -0.25) is 4.79 Å². The van der Waals surface area contributed by atoms with Crippen molar-refractivity contribution in [3.05, 3.63) is 11.1 Å². The monoisotopic (exact) mass is 377 g/mol. The van der Waals surface area contributed by atoms with Crippen LogP contribution < -0.4 is 4.90 Å². The fourth-order valence-electron chi connectivity index (χ4n) is 5.32. The van der Waals surface area contributed by atoms with Crippen LogP contribution in [0.2, 0.25) is 0 Å². The largest absolute Gasteiger partial charge is 0.390 e. The number of hydrogen-bond acceptors (Lipinski definition) is 5. The van der Waals surface area contributed by atoms with Gasteiger partial charge in [0.15, 0.2) is 5.13 Å². The molecule has 5 nitrogen and oxygen atoms in total. The van der Waals surface area contributed by atoms with E-state index >= 15 is 0 Å². The van der Waals surface area contributed by atoms with Gasteiger partial charge in [-0.2, -0.15) is 0 Å². The second-order valence-electron chi connectivity index (χ2n) is 8.74. The van der Waals surface area contributed by atoms with Crippen LogP contribution in [0.3, 0.4) is 0 Å². The number of amides is 1. The summed E-state index contributed by atoms with van der Waals surface area (Å²) in [6.45, 7) is 6.56. The molecule has 3 aliphatic rings. The summed E-state index contributed by atoms with van der Waals surface area (Å²) < 4.78 is 0. The van der Waals surface area contributed by atoms with Crippen molar-refractivity contribution in [2.24, 2.45) is 17.8 Å². The maximum atomic E-state index is 12.8. The van der Waals surface area contributed by atoms with E-state index in [0.717, 1.165) is 49.6 Å². The van der Waals surface area contributed by atoms with Crippen molar-refractivity contribution >= 4 is 22.4 Å². The van der Waals surface area contributed by atoms with E-state index in [1.807, 2.05) is 5.38 Å². The van der Waals surface area contributed by atoms with E-state index in [2.05, 4.69) is 28.6 Å². The Hall–Kier alpha value is -1.14. The molecule has 0 aliphatic carbocycles. The Morgan fingerprint density at radius 3 is 2.88 bits per heavy atom. The molecule has 144 valence electrons. The first-order valence-electron chi connectivity index (χ1n) is 10.2. The molecule has 2 bridgehead atoms. The van der Waals surface area contributed by atoms with E-state index < -0.39 is 0 Å². The SMILES string of the molecule is CC(C)CC[C@H]1[C@H]2C[C@H](CN(c3nc(CO)cs3)C2)[C@@H]2CCCC(=O)N21. The Bertz CT molecular complexity index is 647. The van der Waals surface area contributed by atoms with E-state index in [9.17, 15) is 9.90 Å². The molecule has 4 rings (SSSR count). The number of aliphatic hydroxyl groups is 1. The number of aliphatic hydroxyl groups excluding tert-OH is 1. The van der Waals surface area contributed by atoms with Crippen LogP contribution in [0.25, 0.3) is 0 Å². The minimum Gasteiger partial charge on any atom is -0.390 e. The number of nitrogens with zero attached hydrogens (tertiary/aromatic N) is 3. The average Bonchev–Trinajstić information content (AvgIpc) is 3.11. The zero-order valence-corrected chi connectivity index (χ0v) is 16.7. The molecule has 3 aliphatic heterocycles. The lowest BCUT2D eigenvalue weighted by molar-refractivity contribution is -0.149. The molecule has 3 fully saturated rings. The molecule has 1 aromatic heterocycles. The third kappa shape index (κ3) is 3.38. The molecule has 4 heterocycles. The van der Waals surface area contributed by atoms with Crippen molar-refractivity contribution in [1.29, 1.82) is 0 Å². The number of fused-ring (bicyclic) bond motifs is 4. The van der Waals surface area contributed by atoms with Gasteiger partial charge < -0.3 is 14.9 Å². The fourth-order valence-corrected chi connectivity index (χ4v) is 6.16. The van der Waals surface area contributed by atoms with Gasteiger partial charge in [0.1, 0.15) is 0 Å². The lowest BCUT2D eigenvalue weighted by Gasteiger charge is -2.57. The smallest absolute Gasteiger partial charge is 0.223 e. The summed E-state index contributed by atoms with van der Waals surface area (Å²) in [6, 6.07) is 0.816. The van der Waals surface area contributed by atoms with Gasteiger partial charge in [-0.25, -0.2) is 4.98 Å². The van der Waals surface area contributed by atoms with E-state index in [1.165, 1.54) is 12.8 Å². The van der Waals surface area contributed by atoms with Crippen LogP contribution in [0.15, 0.2) is 5.38 Å². The molecule has 0 aromatic carbocycles. The molecule has 26 heavy (non-hydrogen) atoms. The molecular formula is C20H31N3O2S. The molecule has 1 N–H and O–H groups in total. The third-order valence-corrected chi connectivity index (χ3v) is 7.46. The Morgan fingerprint density at radius 2 is 2.15 bits per heavy atom. The lowest BCUT2D eigenvalue weighted by Crippen LogP contribution is -2.65. The second kappa shape index (κ2) is 7.47. The summed E-state index contributed by atoms with van der Waals surface area (Å²) in [7, 11) is 0. The van der Waals surface area contributed by atoms with Crippen molar-refractivity contribution < 1.29 is 9.90 Å². The molecule has 0 radical (unpaired) electrons. The minimum atomic E-state index is 0.0130. The summed E-state index contributed by atoms with van der Waals surface area (Å²) in [5.74, 6) is 2.19. The van der Waals surface area contributed by atoms with Gasteiger partial charge in [-0.15, -0.1) is 11.3 Å². The van der Waals surface area contributed by atoms with Crippen LogP contribution in [0.1, 0.15) is 58.1 Å². The van der Waals surface area contributed by atoms with Crippen LogP contribution in [-0.4, -0.2) is 46.1 Å². The van der Waals surface area contributed by atoms with Gasteiger partial charge in [0.05, 0.1) is 12.3 Å². The summed E-state index contributed by atoms with van der Waals surface area (Å²) in [6.07, 6.45) is 6.52. The lowest BCUT2D eigenvalue weighted by atomic mass is 9.71. The van der Waals surface area contributed by atoms with E-state index in [4.69, 9.17) is 0 Å². The number of aromatic nitrogens is 1. The zero-order valence-electron chi connectivity index (χ0n) is 15.9. The van der Waals surface area contributed by atoms with E-state index in [1.54, 1.807) is 11.3 Å². The van der Waals surface area contributed by atoms with Crippen LogP contribution >= 0.6 is 11.3 Å². The normalized spacial score (nSPS) is 31.5. The van der Waals surface area contributed by atoms with Gasteiger partial charge in [0.2, 0.25) is 5.91 Å². The standard InChI is InChI=1S/C20H31N3O2S/c1-13(2)6-7-18-15-8-14(17-4-3-5-19(25)23(17)18)9-22(10-15)20-21-16(11-24)12-26-20/h12-15,17-18,24H,3-11H2,1-2H3/t14-,15+,17+,18+/m1/s1. The number of rotatable bonds is 5. The minimum absolute atomic E-state index is 0.0130. The first-order chi connectivity index (χ1) is 12.6. The number of carbonyl (C=O) groups is 1. The topological polar surface area (TPSA) is 56.7 Å². The van der Waals surface area contributed by atoms with Gasteiger partial charge in [0.25, 0.3) is 0 Å². The zero-order chi connectivity index (χ0) is 18.3. The van der Waals surface area contributed by atoms with Gasteiger partial charge >= 0.3 is 0 Å². The Labute approximate surface area is 160 Å². The highest BCUT2D eigenvalue weighted by atomic mass is 32.1. The number of thiazole rings is 1. The second-order valence-corrected chi connectivity index (χ2v) is 9.58. The third-order valence-electron chi connectivity index (χ3n) is 6.51. The summed E-state index contributed by atoms with van der Waals surface area (Å²) in [5, 5.41) is 12.3. The Balaban J connectivity index is 1.58. The Morgan fingerprint density at radius 1 is 1.35 bits per heavy atom. The van der Waals surface area contributed by atoms with E-state index in [-0.39, 0.29) is 6.61 Å². The van der Waals surface area contributed by atoms with Crippen molar-refractivity contribution in [3.8, 4) is 0 Å². The maximum absolute atomic E-state index is 12.8. The number of hydrogen-bond donors (Lipinski definition) is 1. The summed E-state index contributed by atoms with van der Waals surface area (Å²) in [5.41, 5.74) is 0.770. The maximum Gasteiger partial charge on any atom is 0.223 e. The fraction of sp³-hybridized carbons (Fsp3) is 0.800. The highest BCUT2D eigenvalue weighted by Crippen LogP contribution is 2.44. The van der Waals surface area contributed by atoms with Gasteiger partial charge in [-0.05, 0) is 49.9 Å². The number of carbonyl (C=O) groups excluding carboxylic acids is 1. The highest BCUT2D eigenvalue weighted by Gasteiger charge is 2.49. The van der Waals surface area contributed by atoms with Crippen LogP contribution in [0, 0.1) is 17.8 Å². The molecule has 3 saturated heterocycles. The predicted molar refractivity (Wildman–Crippen MR) is 104 cm³/mol. The van der Waals surface area contributed by atoms with Crippen molar-refractivity contribution in [2.45, 2.75) is 71.1 Å². The van der Waals surface area contributed by atoms with Gasteiger partial charge in [0, 0.05) is 37.0 Å². The van der Waals surface area contributed by atoms with Crippen LogP contribution in [-0.2, 0) is 11.4 Å². The van der Waals surface area contributed by atoms with Crippen LogP contribution in [0.5, 0.6) is 0 Å². The van der Waals surface area contributed by atoms with Crippen molar-refractivity contribution in [3.63, 3.8) is 0 Å². The van der Waals surface area contributed by atoms with E-state index in [0.29, 0.717) is 35.7 Å². The molecule has 1 amide bonds. The molecule has 6 heteroatoms. The number of piperidine rings is 3. The first kappa shape index (κ1) is 18.2. The molecule has 4 atom stereocenters. The van der Waals surface area contributed by atoms with Crippen molar-refractivity contribution in [1.82, 2.24) is 9.88 Å². The quantitative estimate of drug-likeness (QED) is 0.856. The van der Waals surface area contributed by atoms with Crippen molar-refractivity contribution in [2.75, 3.05) is 18.0 Å². The molecule has 0 saturated carbocycles. The Kier molecular flexibility index (Phi) is 5.24. The van der Waals surface area contributed by atoms with Gasteiger partial charge in [-0.1, -0.05) is 13.8 Å². The molecule has 0 unspecified atom stereocenters.